The standard InChI is InChI=1S/C20H22F2N2O5S/c1-23-30(26,27)18-13-15(5-9-17(18)28-2)6-10-19(25)24-12-11-14-3-7-16(8-4-14)29-20(21)22/h3-10,13,20,23H,11-12H2,1-2H3,(H,24,25)/b10-6+. The minimum absolute atomic E-state index is 0.0330. The van der Waals surface area contributed by atoms with Crippen LogP contribution >= 0.6 is 0 Å². The highest BCUT2D eigenvalue weighted by Gasteiger charge is 2.17. The molecule has 1 amide bonds. The van der Waals surface area contributed by atoms with E-state index < -0.39 is 16.6 Å². The SMILES string of the molecule is CNS(=O)(=O)c1cc(/C=C/C(=O)NCCc2ccc(OC(F)F)cc2)ccc1OC. The number of nitrogens with one attached hydrogen (secondary N) is 2. The summed E-state index contributed by atoms with van der Waals surface area (Å²) in [5.41, 5.74) is 1.35. The summed E-state index contributed by atoms with van der Waals surface area (Å²) in [6, 6.07) is 10.7. The van der Waals surface area contributed by atoms with Crippen LogP contribution in [-0.2, 0) is 21.2 Å². The van der Waals surface area contributed by atoms with Gasteiger partial charge >= 0.3 is 6.61 Å². The number of alkyl halides is 2. The fraction of sp³-hybridized carbons (Fsp3) is 0.250. The molecular weight excluding hydrogens is 418 g/mol. The Labute approximate surface area is 173 Å². The first-order chi connectivity index (χ1) is 14.2. The lowest BCUT2D eigenvalue weighted by Crippen LogP contribution is -2.23. The number of sulfonamides is 1. The summed E-state index contributed by atoms with van der Waals surface area (Å²) in [6.45, 7) is -2.54. The lowest BCUT2D eigenvalue weighted by molar-refractivity contribution is -0.116. The summed E-state index contributed by atoms with van der Waals surface area (Å²) in [7, 11) is -1.05. The predicted molar refractivity (Wildman–Crippen MR) is 108 cm³/mol. The van der Waals surface area contributed by atoms with Crippen LogP contribution in [0.1, 0.15) is 11.1 Å². The molecule has 0 fully saturated rings. The van der Waals surface area contributed by atoms with Crippen molar-refractivity contribution in [3.63, 3.8) is 0 Å². The van der Waals surface area contributed by atoms with Gasteiger partial charge in [-0.05, 0) is 54.9 Å². The number of ether oxygens (including phenoxy) is 2. The van der Waals surface area contributed by atoms with E-state index in [9.17, 15) is 22.0 Å². The van der Waals surface area contributed by atoms with Gasteiger partial charge in [-0.3, -0.25) is 4.79 Å². The molecule has 7 nitrogen and oxygen atoms in total. The van der Waals surface area contributed by atoms with Crippen molar-refractivity contribution < 1.29 is 31.5 Å². The number of hydrogen-bond donors (Lipinski definition) is 2. The number of carbonyl (C=O) groups excluding carboxylic acids is 1. The van der Waals surface area contributed by atoms with E-state index >= 15 is 0 Å². The lowest BCUT2D eigenvalue weighted by Gasteiger charge is -2.09. The van der Waals surface area contributed by atoms with E-state index in [4.69, 9.17) is 4.74 Å². The van der Waals surface area contributed by atoms with Gasteiger partial charge in [-0.15, -0.1) is 0 Å². The van der Waals surface area contributed by atoms with E-state index in [2.05, 4.69) is 14.8 Å². The van der Waals surface area contributed by atoms with Crippen LogP contribution in [0.2, 0.25) is 0 Å². The Morgan fingerprint density at radius 2 is 1.87 bits per heavy atom. The highest BCUT2D eigenvalue weighted by molar-refractivity contribution is 7.89. The van der Waals surface area contributed by atoms with Crippen LogP contribution in [0, 0.1) is 0 Å². The molecule has 162 valence electrons. The van der Waals surface area contributed by atoms with Crippen molar-refractivity contribution in [1.29, 1.82) is 0 Å². The molecule has 10 heteroatoms. The fourth-order valence-electron chi connectivity index (χ4n) is 2.52. The summed E-state index contributed by atoms with van der Waals surface area (Å²) < 4.78 is 60.0. The Morgan fingerprint density at radius 1 is 1.17 bits per heavy atom. The van der Waals surface area contributed by atoms with Crippen molar-refractivity contribution >= 4 is 22.0 Å². The molecule has 2 rings (SSSR count). The van der Waals surface area contributed by atoms with Crippen molar-refractivity contribution in [2.24, 2.45) is 0 Å². The molecule has 0 aliphatic heterocycles. The second kappa shape index (κ2) is 10.7. The number of benzene rings is 2. The second-order valence-corrected chi connectivity index (χ2v) is 7.87. The number of amides is 1. The third kappa shape index (κ3) is 6.82. The molecule has 2 aromatic carbocycles. The molecule has 0 heterocycles. The molecule has 30 heavy (non-hydrogen) atoms. The average molecular weight is 440 g/mol. The minimum atomic E-state index is -3.72. The van der Waals surface area contributed by atoms with Gasteiger partial charge in [0.2, 0.25) is 15.9 Å². The quantitative estimate of drug-likeness (QED) is 0.554. The van der Waals surface area contributed by atoms with Crippen molar-refractivity contribution in [3.8, 4) is 11.5 Å². The van der Waals surface area contributed by atoms with Crippen LogP contribution in [0.5, 0.6) is 11.5 Å². The van der Waals surface area contributed by atoms with Gasteiger partial charge in [0.05, 0.1) is 7.11 Å². The number of carbonyl (C=O) groups is 1. The van der Waals surface area contributed by atoms with Gasteiger partial charge < -0.3 is 14.8 Å². The lowest BCUT2D eigenvalue weighted by atomic mass is 10.1. The summed E-state index contributed by atoms with van der Waals surface area (Å²) in [6.07, 6.45) is 3.28. The summed E-state index contributed by atoms with van der Waals surface area (Å²) >= 11 is 0. The van der Waals surface area contributed by atoms with Gasteiger partial charge in [-0.25, -0.2) is 13.1 Å². The first-order valence-electron chi connectivity index (χ1n) is 8.86. The zero-order valence-electron chi connectivity index (χ0n) is 16.4. The molecule has 0 aromatic heterocycles. The predicted octanol–water partition coefficient (Wildman–Crippen LogP) is 2.58. The van der Waals surface area contributed by atoms with E-state index in [0.717, 1.165) is 5.56 Å². The van der Waals surface area contributed by atoms with Crippen LogP contribution < -0.4 is 19.5 Å². The Kier molecular flexibility index (Phi) is 8.31. The zero-order chi connectivity index (χ0) is 22.1. The van der Waals surface area contributed by atoms with Gasteiger partial charge in [0, 0.05) is 12.6 Å². The molecule has 0 aliphatic carbocycles. The molecule has 0 aliphatic rings. The van der Waals surface area contributed by atoms with Crippen LogP contribution in [0.15, 0.2) is 53.4 Å². The third-order valence-electron chi connectivity index (χ3n) is 4.03. The smallest absolute Gasteiger partial charge is 0.387 e. The van der Waals surface area contributed by atoms with Crippen molar-refractivity contribution in [2.75, 3.05) is 20.7 Å². The van der Waals surface area contributed by atoms with Crippen molar-refractivity contribution in [2.45, 2.75) is 17.9 Å². The number of methoxy groups -OCH3 is 1. The average Bonchev–Trinajstić information content (AvgIpc) is 2.73. The van der Waals surface area contributed by atoms with Gasteiger partial charge in [-0.1, -0.05) is 18.2 Å². The van der Waals surface area contributed by atoms with Gasteiger partial charge in [0.25, 0.3) is 0 Å². The molecule has 0 saturated heterocycles. The maximum absolute atomic E-state index is 12.1. The van der Waals surface area contributed by atoms with Crippen LogP contribution in [0.4, 0.5) is 8.78 Å². The van der Waals surface area contributed by atoms with E-state index in [-0.39, 0.29) is 22.3 Å². The normalized spacial score (nSPS) is 11.6. The van der Waals surface area contributed by atoms with Crippen LogP contribution in [0.25, 0.3) is 6.08 Å². The number of hydrogen-bond acceptors (Lipinski definition) is 5. The van der Waals surface area contributed by atoms with Crippen molar-refractivity contribution in [3.05, 3.63) is 59.7 Å². The molecule has 0 saturated carbocycles. The molecule has 0 atom stereocenters. The summed E-state index contributed by atoms with van der Waals surface area (Å²) in [4.78, 5) is 12.0. The Morgan fingerprint density at radius 3 is 2.47 bits per heavy atom. The molecule has 0 unspecified atom stereocenters. The minimum Gasteiger partial charge on any atom is -0.495 e. The maximum atomic E-state index is 12.1. The molecule has 0 radical (unpaired) electrons. The largest absolute Gasteiger partial charge is 0.495 e. The van der Waals surface area contributed by atoms with E-state index in [1.54, 1.807) is 18.2 Å². The second-order valence-electron chi connectivity index (χ2n) is 6.01. The van der Waals surface area contributed by atoms with E-state index in [0.29, 0.717) is 18.5 Å². The van der Waals surface area contributed by atoms with E-state index in [1.807, 2.05) is 0 Å². The number of rotatable bonds is 10. The molecule has 0 spiro atoms. The molecular formula is C20H22F2N2O5S. The Bertz CT molecular complexity index is 993. The topological polar surface area (TPSA) is 93.7 Å². The van der Waals surface area contributed by atoms with Crippen molar-refractivity contribution in [1.82, 2.24) is 10.0 Å². The third-order valence-corrected chi connectivity index (χ3v) is 5.47. The maximum Gasteiger partial charge on any atom is 0.387 e. The zero-order valence-corrected chi connectivity index (χ0v) is 17.2. The van der Waals surface area contributed by atoms with Gasteiger partial charge in [0.1, 0.15) is 16.4 Å². The highest BCUT2D eigenvalue weighted by Crippen LogP contribution is 2.25. The molecule has 2 N–H and O–H groups in total. The number of halogens is 2. The summed E-state index contributed by atoms with van der Waals surface area (Å²) in [5.74, 6) is -0.0997. The monoisotopic (exact) mass is 440 g/mol. The highest BCUT2D eigenvalue weighted by atomic mass is 32.2. The molecule has 0 bridgehead atoms. The first-order valence-corrected chi connectivity index (χ1v) is 10.3. The van der Waals surface area contributed by atoms with Crippen LogP contribution in [0.3, 0.4) is 0 Å². The van der Waals surface area contributed by atoms with Crippen LogP contribution in [-0.4, -0.2) is 41.6 Å². The molecule has 2 aromatic rings. The Hall–Kier alpha value is -2.98. The van der Waals surface area contributed by atoms with Gasteiger partial charge in [0.15, 0.2) is 0 Å². The van der Waals surface area contributed by atoms with Gasteiger partial charge in [-0.2, -0.15) is 8.78 Å². The Balaban J connectivity index is 1.92. The summed E-state index contributed by atoms with van der Waals surface area (Å²) in [5, 5.41) is 2.69. The fourth-order valence-corrected chi connectivity index (χ4v) is 3.44. The van der Waals surface area contributed by atoms with E-state index in [1.165, 1.54) is 50.6 Å². The first kappa shape index (κ1) is 23.3.